The number of carbonyl (C=O) groups is 2. The van der Waals surface area contributed by atoms with E-state index in [1.165, 1.54) is 12.2 Å². The number of hydrogen-bond donors (Lipinski definition) is 1. The van der Waals surface area contributed by atoms with Gasteiger partial charge in [-0.3, -0.25) is 4.79 Å². The van der Waals surface area contributed by atoms with Crippen molar-refractivity contribution in [1.29, 1.82) is 0 Å². The van der Waals surface area contributed by atoms with E-state index < -0.39 is 5.97 Å². The fraction of sp³-hybridized carbons (Fsp3) is 0.176. The Bertz CT molecular complexity index is 739. The van der Waals surface area contributed by atoms with E-state index >= 15 is 0 Å². The van der Waals surface area contributed by atoms with Crippen LogP contribution in [0.5, 0.6) is 0 Å². The minimum atomic E-state index is -0.628. The molecule has 5 nitrogen and oxygen atoms in total. The molecule has 7 heteroatoms. The summed E-state index contributed by atoms with van der Waals surface area (Å²) in [5.74, 6) is -0.517. The number of furan rings is 1. The minimum Gasteiger partial charge on any atom is -0.452 e. The van der Waals surface area contributed by atoms with E-state index in [-0.39, 0.29) is 18.6 Å². The molecule has 1 atom stereocenters. The average molecular weight is 413 g/mol. The summed E-state index contributed by atoms with van der Waals surface area (Å²) in [6.07, 6.45) is 2.66. The van der Waals surface area contributed by atoms with Crippen LogP contribution in [0, 0.1) is 0 Å². The minimum absolute atomic E-state index is 0.218. The van der Waals surface area contributed by atoms with E-state index in [4.69, 9.17) is 20.8 Å². The van der Waals surface area contributed by atoms with Gasteiger partial charge in [0.05, 0.1) is 6.04 Å². The zero-order chi connectivity index (χ0) is 17.5. The Labute approximate surface area is 152 Å². The maximum Gasteiger partial charge on any atom is 0.331 e. The van der Waals surface area contributed by atoms with E-state index in [0.29, 0.717) is 15.5 Å². The number of esters is 1. The summed E-state index contributed by atoms with van der Waals surface area (Å²) < 4.78 is 10.6. The standard InChI is InChI=1S/C17H15BrClNO4/c1-11(12-2-4-13(19)5-3-12)20-16(21)10-23-17(22)9-7-14-6-8-15(18)24-14/h2-9,11H,10H2,1H3,(H,20,21)/b9-7+/t11-/m0/s1. The van der Waals surface area contributed by atoms with E-state index in [1.54, 1.807) is 24.3 Å². The molecule has 2 rings (SSSR count). The molecule has 0 spiro atoms. The number of rotatable bonds is 6. The SMILES string of the molecule is C[C@H](NC(=O)COC(=O)/C=C/c1ccc(Br)o1)c1ccc(Cl)cc1. The first-order valence-electron chi connectivity index (χ1n) is 7.09. The fourth-order valence-electron chi connectivity index (χ4n) is 1.87. The molecule has 0 fully saturated rings. The molecule has 0 unspecified atom stereocenters. The third-order valence-corrected chi connectivity index (χ3v) is 3.75. The first-order valence-corrected chi connectivity index (χ1v) is 8.26. The van der Waals surface area contributed by atoms with Crippen molar-refractivity contribution in [2.75, 3.05) is 6.61 Å². The molecule has 24 heavy (non-hydrogen) atoms. The topological polar surface area (TPSA) is 68.5 Å². The van der Waals surface area contributed by atoms with Gasteiger partial charge in [0.1, 0.15) is 5.76 Å². The van der Waals surface area contributed by atoms with E-state index in [1.807, 2.05) is 19.1 Å². The molecule has 1 N–H and O–H groups in total. The molecule has 0 aliphatic rings. The third-order valence-electron chi connectivity index (χ3n) is 3.07. The van der Waals surface area contributed by atoms with Crippen LogP contribution in [0.3, 0.4) is 0 Å². The number of ether oxygens (including phenoxy) is 1. The molecule has 0 saturated carbocycles. The second kappa shape index (κ2) is 8.70. The van der Waals surface area contributed by atoms with Gasteiger partial charge in [-0.2, -0.15) is 0 Å². The number of benzene rings is 1. The zero-order valence-corrected chi connectivity index (χ0v) is 15.1. The summed E-state index contributed by atoms with van der Waals surface area (Å²) in [7, 11) is 0. The van der Waals surface area contributed by atoms with Crippen LogP contribution in [-0.2, 0) is 14.3 Å². The summed E-state index contributed by atoms with van der Waals surface area (Å²) >= 11 is 8.98. The molecule has 1 aromatic heterocycles. The Kier molecular flexibility index (Phi) is 6.63. The Hall–Kier alpha value is -2.05. The van der Waals surface area contributed by atoms with Gasteiger partial charge >= 0.3 is 5.97 Å². The van der Waals surface area contributed by atoms with Crippen molar-refractivity contribution in [3.63, 3.8) is 0 Å². The predicted octanol–water partition coefficient (Wildman–Crippen LogP) is 4.13. The van der Waals surface area contributed by atoms with Gasteiger partial charge in [0.2, 0.25) is 0 Å². The van der Waals surface area contributed by atoms with Crippen molar-refractivity contribution in [3.8, 4) is 0 Å². The van der Waals surface area contributed by atoms with Crippen molar-refractivity contribution in [3.05, 3.63) is 63.5 Å². The van der Waals surface area contributed by atoms with Crippen LogP contribution in [0.25, 0.3) is 6.08 Å². The molecular formula is C17H15BrClNO4. The van der Waals surface area contributed by atoms with Crippen LogP contribution < -0.4 is 5.32 Å². The van der Waals surface area contributed by atoms with Gasteiger partial charge < -0.3 is 14.5 Å². The van der Waals surface area contributed by atoms with Crippen molar-refractivity contribution in [1.82, 2.24) is 5.32 Å². The number of nitrogens with one attached hydrogen (secondary N) is 1. The molecule has 0 radical (unpaired) electrons. The lowest BCUT2D eigenvalue weighted by Gasteiger charge is -2.14. The van der Waals surface area contributed by atoms with Crippen molar-refractivity contribution < 1.29 is 18.7 Å². The summed E-state index contributed by atoms with van der Waals surface area (Å²) in [5.41, 5.74) is 0.905. The molecule has 1 amide bonds. The Balaban J connectivity index is 1.76. The Morgan fingerprint density at radius 3 is 2.62 bits per heavy atom. The number of hydrogen-bond acceptors (Lipinski definition) is 4. The van der Waals surface area contributed by atoms with E-state index in [9.17, 15) is 9.59 Å². The average Bonchev–Trinajstić information content (AvgIpc) is 2.97. The first-order chi connectivity index (χ1) is 11.4. The molecule has 0 aliphatic carbocycles. The van der Waals surface area contributed by atoms with Crippen LogP contribution in [0.2, 0.25) is 5.02 Å². The Morgan fingerprint density at radius 2 is 2.00 bits per heavy atom. The molecule has 0 saturated heterocycles. The monoisotopic (exact) mass is 411 g/mol. The number of carbonyl (C=O) groups excluding carboxylic acids is 2. The molecule has 126 valence electrons. The zero-order valence-electron chi connectivity index (χ0n) is 12.8. The van der Waals surface area contributed by atoms with Gasteiger partial charge in [-0.25, -0.2) is 4.79 Å². The summed E-state index contributed by atoms with van der Waals surface area (Å²) in [6, 6.07) is 10.3. The largest absolute Gasteiger partial charge is 0.452 e. The number of amides is 1. The quantitative estimate of drug-likeness (QED) is 0.572. The van der Waals surface area contributed by atoms with Crippen molar-refractivity contribution >= 4 is 45.5 Å². The maximum atomic E-state index is 11.8. The highest BCUT2D eigenvalue weighted by atomic mass is 79.9. The van der Waals surface area contributed by atoms with Crippen LogP contribution >= 0.6 is 27.5 Å². The van der Waals surface area contributed by atoms with Crippen molar-refractivity contribution in [2.45, 2.75) is 13.0 Å². The van der Waals surface area contributed by atoms with Crippen molar-refractivity contribution in [2.24, 2.45) is 0 Å². The highest BCUT2D eigenvalue weighted by Gasteiger charge is 2.11. The third kappa shape index (κ3) is 5.86. The fourth-order valence-corrected chi connectivity index (χ4v) is 2.32. The summed E-state index contributed by atoms with van der Waals surface area (Å²) in [4.78, 5) is 23.4. The molecule has 2 aromatic rings. The second-order valence-electron chi connectivity index (χ2n) is 4.92. The second-order valence-corrected chi connectivity index (χ2v) is 6.14. The lowest BCUT2D eigenvalue weighted by Crippen LogP contribution is -2.30. The highest BCUT2D eigenvalue weighted by molar-refractivity contribution is 9.10. The van der Waals surface area contributed by atoms with Gasteiger partial charge in [0.25, 0.3) is 5.91 Å². The lowest BCUT2D eigenvalue weighted by atomic mass is 10.1. The molecular weight excluding hydrogens is 398 g/mol. The van der Waals surface area contributed by atoms with Gasteiger partial charge in [-0.05, 0) is 58.8 Å². The lowest BCUT2D eigenvalue weighted by molar-refractivity contribution is -0.144. The van der Waals surface area contributed by atoms with E-state index in [0.717, 1.165) is 5.56 Å². The Morgan fingerprint density at radius 1 is 1.29 bits per heavy atom. The normalized spacial score (nSPS) is 12.1. The van der Waals surface area contributed by atoms with Crippen LogP contribution in [0.4, 0.5) is 0 Å². The summed E-state index contributed by atoms with van der Waals surface area (Å²) in [6.45, 7) is 1.47. The van der Waals surface area contributed by atoms with Crippen LogP contribution in [0.15, 0.2) is 51.6 Å². The smallest absolute Gasteiger partial charge is 0.331 e. The molecule has 0 aliphatic heterocycles. The van der Waals surface area contributed by atoms with Gasteiger partial charge in [-0.1, -0.05) is 23.7 Å². The van der Waals surface area contributed by atoms with E-state index in [2.05, 4.69) is 21.2 Å². The number of halogens is 2. The molecule has 1 aromatic carbocycles. The van der Waals surface area contributed by atoms with Gasteiger partial charge in [-0.15, -0.1) is 0 Å². The molecule has 1 heterocycles. The maximum absolute atomic E-state index is 11.8. The summed E-state index contributed by atoms with van der Waals surface area (Å²) in [5, 5.41) is 3.37. The van der Waals surface area contributed by atoms with Gasteiger partial charge in [0, 0.05) is 11.1 Å². The van der Waals surface area contributed by atoms with Crippen LogP contribution in [-0.4, -0.2) is 18.5 Å². The first kappa shape index (κ1) is 18.3. The predicted molar refractivity (Wildman–Crippen MR) is 94.4 cm³/mol. The van der Waals surface area contributed by atoms with Gasteiger partial charge in [0.15, 0.2) is 11.3 Å². The highest BCUT2D eigenvalue weighted by Crippen LogP contribution is 2.16. The molecule has 0 bridgehead atoms. The van der Waals surface area contributed by atoms with Crippen LogP contribution in [0.1, 0.15) is 24.3 Å².